The number of anilines is 1. The Morgan fingerprint density at radius 1 is 1.38 bits per heavy atom. The van der Waals surface area contributed by atoms with Gasteiger partial charge in [-0.1, -0.05) is 5.16 Å². The van der Waals surface area contributed by atoms with Crippen LogP contribution in [0, 0.1) is 13.8 Å². The quantitative estimate of drug-likeness (QED) is 0.928. The molecule has 0 radical (unpaired) electrons. The average molecular weight is 307 g/mol. The molecular formula is C14H17N3O3S. The van der Waals surface area contributed by atoms with Crippen molar-refractivity contribution in [2.75, 3.05) is 11.4 Å². The molecule has 1 aromatic heterocycles. The second-order valence-corrected chi connectivity index (χ2v) is 6.87. The van der Waals surface area contributed by atoms with Crippen LogP contribution in [-0.4, -0.2) is 20.1 Å². The number of sulfonamides is 1. The molecule has 1 aliphatic rings. The number of hydrogen-bond donors (Lipinski definition) is 1. The lowest BCUT2D eigenvalue weighted by molar-refractivity contribution is 0.392. The number of hydrogen-bond acceptors (Lipinski definition) is 5. The molecule has 6 nitrogen and oxygen atoms in total. The Labute approximate surface area is 123 Å². The minimum atomic E-state index is -3.65. The van der Waals surface area contributed by atoms with Gasteiger partial charge >= 0.3 is 0 Å². The van der Waals surface area contributed by atoms with Crippen molar-refractivity contribution in [2.45, 2.75) is 31.7 Å². The van der Waals surface area contributed by atoms with Gasteiger partial charge in [0.25, 0.3) is 0 Å². The molecule has 7 heteroatoms. The summed E-state index contributed by atoms with van der Waals surface area (Å²) in [6.07, 6.45) is 0.808. The van der Waals surface area contributed by atoms with E-state index in [1.54, 1.807) is 12.1 Å². The van der Waals surface area contributed by atoms with Crippen molar-refractivity contribution in [3.63, 3.8) is 0 Å². The molecule has 112 valence electrons. The van der Waals surface area contributed by atoms with Gasteiger partial charge in [0.2, 0.25) is 10.0 Å². The molecule has 0 spiro atoms. The number of rotatable bonds is 3. The van der Waals surface area contributed by atoms with Crippen molar-refractivity contribution in [3.8, 4) is 0 Å². The van der Waals surface area contributed by atoms with E-state index in [1.807, 2.05) is 19.9 Å². The molecule has 2 heterocycles. The number of primary sulfonamides is 1. The molecule has 0 fully saturated rings. The fourth-order valence-electron chi connectivity index (χ4n) is 2.71. The van der Waals surface area contributed by atoms with Gasteiger partial charge in [-0.15, -0.1) is 0 Å². The van der Waals surface area contributed by atoms with Crippen LogP contribution in [0.3, 0.4) is 0 Å². The van der Waals surface area contributed by atoms with Crippen LogP contribution in [0.5, 0.6) is 0 Å². The van der Waals surface area contributed by atoms with Crippen LogP contribution in [0.15, 0.2) is 27.6 Å². The molecule has 0 amide bonds. The monoisotopic (exact) mass is 307 g/mol. The maximum Gasteiger partial charge on any atom is 0.238 e. The first kappa shape index (κ1) is 14.1. The van der Waals surface area contributed by atoms with Crippen LogP contribution in [0.2, 0.25) is 0 Å². The van der Waals surface area contributed by atoms with Gasteiger partial charge in [0, 0.05) is 24.3 Å². The van der Waals surface area contributed by atoms with Crippen LogP contribution in [0.1, 0.15) is 22.6 Å². The summed E-state index contributed by atoms with van der Waals surface area (Å²) in [5.74, 6) is 0.821. The lowest BCUT2D eigenvalue weighted by Crippen LogP contribution is -2.20. The third-order valence-electron chi connectivity index (χ3n) is 3.90. The Bertz CT molecular complexity index is 776. The summed E-state index contributed by atoms with van der Waals surface area (Å²) in [5, 5.41) is 9.14. The van der Waals surface area contributed by atoms with E-state index >= 15 is 0 Å². The standard InChI is InChI=1S/C14H17N3O3S/c1-9-13(10(2)20-16-9)8-17-6-5-11-7-12(21(15,18)19)3-4-14(11)17/h3-4,7H,5-6,8H2,1-2H3,(H2,15,18,19). The highest BCUT2D eigenvalue weighted by atomic mass is 32.2. The van der Waals surface area contributed by atoms with E-state index in [0.29, 0.717) is 6.54 Å². The molecule has 1 aliphatic heterocycles. The van der Waals surface area contributed by atoms with Gasteiger partial charge in [0.05, 0.1) is 10.6 Å². The molecule has 0 unspecified atom stereocenters. The molecule has 0 saturated heterocycles. The Morgan fingerprint density at radius 3 is 2.76 bits per heavy atom. The van der Waals surface area contributed by atoms with Crippen molar-refractivity contribution < 1.29 is 12.9 Å². The highest BCUT2D eigenvalue weighted by Gasteiger charge is 2.23. The van der Waals surface area contributed by atoms with Gasteiger partial charge in [0.1, 0.15) is 5.76 Å². The van der Waals surface area contributed by atoms with Crippen LogP contribution in [0.4, 0.5) is 5.69 Å². The number of benzene rings is 1. The van der Waals surface area contributed by atoms with E-state index in [-0.39, 0.29) is 4.90 Å². The minimum Gasteiger partial charge on any atom is -0.366 e. The highest BCUT2D eigenvalue weighted by molar-refractivity contribution is 7.89. The summed E-state index contributed by atoms with van der Waals surface area (Å²) >= 11 is 0. The third kappa shape index (κ3) is 2.54. The van der Waals surface area contributed by atoms with E-state index < -0.39 is 10.0 Å². The van der Waals surface area contributed by atoms with E-state index in [9.17, 15) is 8.42 Å². The zero-order chi connectivity index (χ0) is 15.2. The Hall–Kier alpha value is -1.86. The maximum atomic E-state index is 11.4. The third-order valence-corrected chi connectivity index (χ3v) is 4.81. The number of nitrogens with zero attached hydrogens (tertiary/aromatic N) is 2. The Balaban J connectivity index is 1.91. The SMILES string of the molecule is Cc1noc(C)c1CN1CCc2cc(S(N)(=O)=O)ccc21. The number of nitrogens with two attached hydrogens (primary N) is 1. The van der Waals surface area contributed by atoms with Crippen LogP contribution in [-0.2, 0) is 23.0 Å². The van der Waals surface area contributed by atoms with Gasteiger partial charge in [-0.2, -0.15) is 0 Å². The van der Waals surface area contributed by atoms with Crippen LogP contribution in [0.25, 0.3) is 0 Å². The number of aromatic nitrogens is 1. The van der Waals surface area contributed by atoms with Crippen molar-refractivity contribution >= 4 is 15.7 Å². The normalized spacial score (nSPS) is 14.5. The predicted molar refractivity (Wildman–Crippen MR) is 78.5 cm³/mol. The van der Waals surface area contributed by atoms with Crippen LogP contribution < -0.4 is 10.0 Å². The topological polar surface area (TPSA) is 89.4 Å². The van der Waals surface area contributed by atoms with E-state index in [2.05, 4.69) is 10.1 Å². The van der Waals surface area contributed by atoms with Crippen LogP contribution >= 0.6 is 0 Å². The molecule has 2 N–H and O–H groups in total. The van der Waals surface area contributed by atoms with Crippen molar-refractivity contribution in [3.05, 3.63) is 40.8 Å². The zero-order valence-electron chi connectivity index (χ0n) is 12.0. The van der Waals surface area contributed by atoms with Gasteiger partial charge in [-0.3, -0.25) is 0 Å². The second kappa shape index (κ2) is 4.85. The molecule has 2 aromatic rings. The zero-order valence-corrected chi connectivity index (χ0v) is 12.8. The summed E-state index contributed by atoms with van der Waals surface area (Å²) in [5.41, 5.74) is 4.02. The minimum absolute atomic E-state index is 0.167. The van der Waals surface area contributed by atoms with E-state index in [0.717, 1.165) is 41.2 Å². The first-order chi connectivity index (χ1) is 9.86. The average Bonchev–Trinajstić information content (AvgIpc) is 2.96. The fourth-order valence-corrected chi connectivity index (χ4v) is 3.27. The van der Waals surface area contributed by atoms with Gasteiger partial charge in [-0.05, 0) is 44.0 Å². The maximum absolute atomic E-state index is 11.4. The van der Waals surface area contributed by atoms with Gasteiger partial charge < -0.3 is 9.42 Å². The molecule has 0 atom stereocenters. The lowest BCUT2D eigenvalue weighted by Gasteiger charge is -2.19. The Kier molecular flexibility index (Phi) is 3.26. The lowest BCUT2D eigenvalue weighted by atomic mass is 10.1. The smallest absolute Gasteiger partial charge is 0.238 e. The van der Waals surface area contributed by atoms with E-state index in [1.165, 1.54) is 0 Å². The molecule has 0 saturated carbocycles. The van der Waals surface area contributed by atoms with Crippen molar-refractivity contribution in [1.82, 2.24) is 5.16 Å². The predicted octanol–water partition coefficient (Wildman–Crippen LogP) is 1.50. The van der Waals surface area contributed by atoms with E-state index in [4.69, 9.17) is 9.66 Å². The molecule has 0 bridgehead atoms. The van der Waals surface area contributed by atoms with Gasteiger partial charge in [-0.25, -0.2) is 13.6 Å². The number of fused-ring (bicyclic) bond motifs is 1. The molecular weight excluding hydrogens is 290 g/mol. The summed E-state index contributed by atoms with van der Waals surface area (Å²) in [4.78, 5) is 2.37. The first-order valence-electron chi connectivity index (χ1n) is 6.68. The molecule has 0 aliphatic carbocycles. The fraction of sp³-hybridized carbons (Fsp3) is 0.357. The summed E-state index contributed by atoms with van der Waals surface area (Å²) in [6.45, 7) is 5.37. The summed E-state index contributed by atoms with van der Waals surface area (Å²) < 4.78 is 28.0. The second-order valence-electron chi connectivity index (χ2n) is 5.31. The highest BCUT2D eigenvalue weighted by Crippen LogP contribution is 2.32. The Morgan fingerprint density at radius 2 is 2.14 bits per heavy atom. The largest absolute Gasteiger partial charge is 0.366 e. The molecule has 21 heavy (non-hydrogen) atoms. The van der Waals surface area contributed by atoms with Gasteiger partial charge in [0.15, 0.2) is 0 Å². The van der Waals surface area contributed by atoms with Crippen molar-refractivity contribution in [2.24, 2.45) is 5.14 Å². The first-order valence-corrected chi connectivity index (χ1v) is 8.23. The molecule has 1 aromatic carbocycles. The molecule has 3 rings (SSSR count). The van der Waals surface area contributed by atoms with Crippen molar-refractivity contribution in [1.29, 1.82) is 0 Å². The number of aryl methyl sites for hydroxylation is 2. The summed E-state index contributed by atoms with van der Waals surface area (Å²) in [6, 6.07) is 5.04. The summed E-state index contributed by atoms with van der Waals surface area (Å²) in [7, 11) is -3.65.